The summed E-state index contributed by atoms with van der Waals surface area (Å²) in [6.45, 7) is 8.99. The van der Waals surface area contributed by atoms with Gasteiger partial charge < -0.3 is 10.1 Å². The smallest absolute Gasteiger partial charge is 0.122 e. The van der Waals surface area contributed by atoms with E-state index < -0.39 is 0 Å². The largest absolute Gasteiger partial charge is 0.491 e. The molecule has 2 rings (SSSR count). The van der Waals surface area contributed by atoms with Crippen LogP contribution in [0.3, 0.4) is 0 Å². The quantitative estimate of drug-likeness (QED) is 0.786. The zero-order valence-electron chi connectivity index (χ0n) is 14.8. The summed E-state index contributed by atoms with van der Waals surface area (Å²) in [5.74, 6) is 0.944. The maximum absolute atomic E-state index is 5.82. The number of nitrogens with zero attached hydrogens (tertiary/aromatic N) is 2. The Morgan fingerprint density at radius 3 is 2.78 bits per heavy atom. The van der Waals surface area contributed by atoms with Crippen LogP contribution in [0.15, 0.2) is 24.4 Å². The molecule has 0 unspecified atom stereocenters. The predicted octanol–water partition coefficient (Wildman–Crippen LogP) is 2.82. The van der Waals surface area contributed by atoms with Crippen molar-refractivity contribution < 1.29 is 4.74 Å². The van der Waals surface area contributed by atoms with E-state index >= 15 is 0 Å². The lowest BCUT2D eigenvalue weighted by molar-refractivity contribution is 0.241. The highest BCUT2D eigenvalue weighted by Gasteiger charge is 2.12. The predicted molar refractivity (Wildman–Crippen MR) is 94.8 cm³/mol. The van der Waals surface area contributed by atoms with Crippen LogP contribution in [-0.2, 0) is 6.54 Å². The van der Waals surface area contributed by atoms with Crippen molar-refractivity contribution in [1.82, 2.24) is 20.4 Å². The first-order valence-corrected chi connectivity index (χ1v) is 8.14. The summed E-state index contributed by atoms with van der Waals surface area (Å²) in [5.41, 5.74) is 4.61. The van der Waals surface area contributed by atoms with Crippen LogP contribution in [0, 0.1) is 6.92 Å². The number of ether oxygens (including phenoxy) is 1. The molecule has 1 heterocycles. The summed E-state index contributed by atoms with van der Waals surface area (Å²) in [5, 5.41) is 10.5. The van der Waals surface area contributed by atoms with E-state index in [1.807, 2.05) is 33.2 Å². The summed E-state index contributed by atoms with van der Waals surface area (Å²) in [7, 11) is 4.09. The van der Waals surface area contributed by atoms with Gasteiger partial charge in [0.2, 0.25) is 0 Å². The van der Waals surface area contributed by atoms with E-state index in [2.05, 4.69) is 46.5 Å². The molecule has 0 saturated carbocycles. The molecule has 1 aromatic carbocycles. The maximum Gasteiger partial charge on any atom is 0.122 e. The summed E-state index contributed by atoms with van der Waals surface area (Å²) >= 11 is 0. The van der Waals surface area contributed by atoms with Crippen LogP contribution in [0.2, 0.25) is 0 Å². The molecule has 0 amide bonds. The van der Waals surface area contributed by atoms with E-state index in [4.69, 9.17) is 4.74 Å². The van der Waals surface area contributed by atoms with Crippen molar-refractivity contribution in [3.05, 3.63) is 35.7 Å². The summed E-state index contributed by atoms with van der Waals surface area (Å²) in [4.78, 5) is 2.27. The first-order valence-electron chi connectivity index (χ1n) is 8.14. The molecule has 1 aromatic heterocycles. The fraction of sp³-hybridized carbons (Fsp3) is 0.500. The van der Waals surface area contributed by atoms with Crippen LogP contribution in [-0.4, -0.2) is 48.4 Å². The van der Waals surface area contributed by atoms with Crippen LogP contribution >= 0.6 is 0 Å². The highest BCUT2D eigenvalue weighted by atomic mass is 16.5. The monoisotopic (exact) mass is 316 g/mol. The number of aromatic nitrogens is 2. The molecule has 0 bridgehead atoms. The van der Waals surface area contributed by atoms with Crippen molar-refractivity contribution in [2.45, 2.75) is 33.4 Å². The van der Waals surface area contributed by atoms with Gasteiger partial charge in [-0.1, -0.05) is 6.07 Å². The zero-order valence-corrected chi connectivity index (χ0v) is 14.8. The SMILES string of the molecule is CNCCN(C)Cc1[nH]ncc1-c1ccc(OC(C)C)c(C)c1. The lowest BCUT2D eigenvalue weighted by Crippen LogP contribution is -2.27. The summed E-state index contributed by atoms with van der Waals surface area (Å²) in [6, 6.07) is 6.32. The van der Waals surface area contributed by atoms with E-state index in [0.29, 0.717) is 0 Å². The number of hydrogen-bond donors (Lipinski definition) is 2. The molecule has 5 heteroatoms. The zero-order chi connectivity index (χ0) is 16.8. The molecular weight excluding hydrogens is 288 g/mol. The lowest BCUT2D eigenvalue weighted by atomic mass is 10.0. The minimum absolute atomic E-state index is 0.185. The Balaban J connectivity index is 2.16. The van der Waals surface area contributed by atoms with Crippen LogP contribution < -0.4 is 10.1 Å². The maximum atomic E-state index is 5.82. The summed E-state index contributed by atoms with van der Waals surface area (Å²) in [6.07, 6.45) is 2.09. The number of aromatic amines is 1. The van der Waals surface area contributed by atoms with Gasteiger partial charge in [0.25, 0.3) is 0 Å². The Morgan fingerprint density at radius 2 is 2.13 bits per heavy atom. The van der Waals surface area contributed by atoms with Crippen LogP contribution in [0.1, 0.15) is 25.1 Å². The molecule has 126 valence electrons. The third-order valence-corrected chi connectivity index (χ3v) is 3.74. The van der Waals surface area contributed by atoms with Gasteiger partial charge in [-0.05, 0) is 58.1 Å². The van der Waals surface area contributed by atoms with Gasteiger partial charge in [0.05, 0.1) is 18.0 Å². The third kappa shape index (κ3) is 4.81. The molecule has 0 atom stereocenters. The number of benzene rings is 1. The average Bonchev–Trinajstić information content (AvgIpc) is 2.95. The van der Waals surface area contributed by atoms with E-state index in [9.17, 15) is 0 Å². The van der Waals surface area contributed by atoms with Gasteiger partial charge in [-0.2, -0.15) is 5.10 Å². The van der Waals surface area contributed by atoms with Gasteiger partial charge in [0, 0.05) is 25.2 Å². The second-order valence-electron chi connectivity index (χ2n) is 6.25. The first-order chi connectivity index (χ1) is 11.0. The van der Waals surface area contributed by atoms with Crippen LogP contribution in [0.25, 0.3) is 11.1 Å². The number of nitrogens with one attached hydrogen (secondary N) is 2. The van der Waals surface area contributed by atoms with Crippen molar-refractivity contribution in [2.75, 3.05) is 27.2 Å². The molecule has 5 nitrogen and oxygen atoms in total. The van der Waals surface area contributed by atoms with Crippen molar-refractivity contribution in [1.29, 1.82) is 0 Å². The van der Waals surface area contributed by atoms with Gasteiger partial charge in [0.1, 0.15) is 5.75 Å². The molecule has 0 saturated heterocycles. The Morgan fingerprint density at radius 1 is 1.35 bits per heavy atom. The van der Waals surface area contributed by atoms with Gasteiger partial charge in [0.15, 0.2) is 0 Å². The Bertz CT molecular complexity index is 621. The molecule has 23 heavy (non-hydrogen) atoms. The van der Waals surface area contributed by atoms with E-state index in [0.717, 1.165) is 42.2 Å². The second-order valence-corrected chi connectivity index (χ2v) is 6.25. The second kappa shape index (κ2) is 8.13. The molecule has 0 fully saturated rings. The minimum atomic E-state index is 0.185. The van der Waals surface area contributed by atoms with E-state index in [1.165, 1.54) is 5.56 Å². The minimum Gasteiger partial charge on any atom is -0.491 e. The summed E-state index contributed by atoms with van der Waals surface area (Å²) < 4.78 is 5.82. The lowest BCUT2D eigenvalue weighted by Gasteiger charge is -2.17. The van der Waals surface area contributed by atoms with E-state index in [1.54, 1.807) is 0 Å². The standard InChI is InChI=1S/C18H28N4O/c1-13(2)23-18-7-6-15(10-14(18)3)16-11-20-21-17(16)12-22(5)9-8-19-4/h6-7,10-11,13,19H,8-9,12H2,1-5H3,(H,20,21). The molecule has 0 spiro atoms. The van der Waals surface area contributed by atoms with Gasteiger partial charge >= 0.3 is 0 Å². The van der Waals surface area contributed by atoms with Crippen molar-refractivity contribution in [3.63, 3.8) is 0 Å². The molecule has 0 aliphatic heterocycles. The normalized spacial score (nSPS) is 11.4. The first kappa shape index (κ1) is 17.5. The fourth-order valence-electron chi connectivity index (χ4n) is 2.54. The van der Waals surface area contributed by atoms with Crippen molar-refractivity contribution in [2.24, 2.45) is 0 Å². The number of hydrogen-bond acceptors (Lipinski definition) is 4. The third-order valence-electron chi connectivity index (χ3n) is 3.74. The van der Waals surface area contributed by atoms with Gasteiger partial charge in [-0.25, -0.2) is 0 Å². The Labute approximate surface area is 139 Å². The number of aryl methyl sites for hydroxylation is 1. The van der Waals surface area contributed by atoms with Crippen molar-refractivity contribution >= 4 is 0 Å². The molecule has 0 aliphatic rings. The number of likely N-dealkylation sites (N-methyl/N-ethyl adjacent to an activating group) is 2. The highest BCUT2D eigenvalue weighted by Crippen LogP contribution is 2.28. The number of H-pyrrole nitrogens is 1. The molecule has 2 N–H and O–H groups in total. The molecule has 0 radical (unpaired) electrons. The Kier molecular flexibility index (Phi) is 6.19. The fourth-order valence-corrected chi connectivity index (χ4v) is 2.54. The van der Waals surface area contributed by atoms with Gasteiger partial charge in [-0.15, -0.1) is 0 Å². The van der Waals surface area contributed by atoms with Crippen LogP contribution in [0.5, 0.6) is 5.75 Å². The Hall–Kier alpha value is -1.85. The molecule has 0 aliphatic carbocycles. The average molecular weight is 316 g/mol. The van der Waals surface area contributed by atoms with Crippen molar-refractivity contribution in [3.8, 4) is 16.9 Å². The topological polar surface area (TPSA) is 53.2 Å². The number of rotatable bonds is 8. The van der Waals surface area contributed by atoms with Crippen LogP contribution in [0.4, 0.5) is 0 Å². The van der Waals surface area contributed by atoms with Gasteiger partial charge in [-0.3, -0.25) is 10.00 Å². The molecular formula is C18H28N4O. The highest BCUT2D eigenvalue weighted by molar-refractivity contribution is 5.67. The molecule has 2 aromatic rings. The van der Waals surface area contributed by atoms with E-state index in [-0.39, 0.29) is 6.10 Å².